The van der Waals surface area contributed by atoms with E-state index in [2.05, 4.69) is 58.1 Å². The van der Waals surface area contributed by atoms with Gasteiger partial charge in [-0.3, -0.25) is 0 Å². The summed E-state index contributed by atoms with van der Waals surface area (Å²) in [7, 11) is 0. The van der Waals surface area contributed by atoms with Gasteiger partial charge in [0.2, 0.25) is 0 Å². The first-order chi connectivity index (χ1) is 1.73. The van der Waals surface area contributed by atoms with Crippen molar-refractivity contribution in [2.75, 3.05) is 0 Å². The zero-order valence-electron chi connectivity index (χ0n) is 1.61. The van der Waals surface area contributed by atoms with Crippen LogP contribution in [-0.4, -0.2) is 0 Å². The standard InChI is InChI=1S/I2S.V/c1-3-2;. The van der Waals surface area contributed by atoms with Crippen LogP contribution in [0.1, 0.15) is 0 Å². The van der Waals surface area contributed by atoms with E-state index < -0.39 is 0 Å². The van der Waals surface area contributed by atoms with E-state index in [0.29, 0.717) is 2.89 Å². The van der Waals surface area contributed by atoms with Gasteiger partial charge in [0.05, 0.1) is 0 Å². The van der Waals surface area contributed by atoms with Crippen LogP contribution in [0.4, 0.5) is 0 Å². The van der Waals surface area contributed by atoms with Crippen LogP contribution in [0.2, 0.25) is 0 Å². The van der Waals surface area contributed by atoms with Crippen molar-refractivity contribution >= 4 is 45.3 Å². The SMILES string of the molecule is [V]=[S](I)I. The van der Waals surface area contributed by atoms with Crippen LogP contribution < -0.4 is 0 Å². The van der Waals surface area contributed by atoms with E-state index in [1.165, 1.54) is 0 Å². The van der Waals surface area contributed by atoms with Crippen LogP contribution in [0.25, 0.3) is 0 Å². The van der Waals surface area contributed by atoms with Crippen molar-refractivity contribution in [3.8, 4) is 0 Å². The minimum atomic E-state index is 0.516. The molecule has 25 valence electrons. The van der Waals surface area contributed by atoms with Gasteiger partial charge in [-0.1, -0.05) is 0 Å². The third kappa shape index (κ3) is 8.83. The molecule has 0 atom stereocenters. The molecule has 0 fully saturated rings. The summed E-state index contributed by atoms with van der Waals surface area (Å²) in [6, 6.07) is 0. The van der Waals surface area contributed by atoms with Crippen molar-refractivity contribution < 1.29 is 15.7 Å². The van der Waals surface area contributed by atoms with Gasteiger partial charge in [-0.05, 0) is 0 Å². The fraction of sp³-hybridized carbons (Fsp3) is 0. The van der Waals surface area contributed by atoms with Crippen LogP contribution in [0, 0.1) is 0 Å². The Kier molecular flexibility index (Phi) is 5.72. The van der Waals surface area contributed by atoms with Crippen molar-refractivity contribution in [1.29, 1.82) is 0 Å². The molecule has 0 radical (unpaired) electrons. The zero-order valence-corrected chi connectivity index (χ0v) is 8.14. The molecule has 0 aliphatic heterocycles. The Morgan fingerprint density at radius 1 is 1.50 bits per heavy atom. The van der Waals surface area contributed by atoms with Gasteiger partial charge in [0.25, 0.3) is 0 Å². The molecule has 0 N–H and O–H groups in total. The number of hydrogen-bond donors (Lipinski definition) is 0. The summed E-state index contributed by atoms with van der Waals surface area (Å²) in [5.74, 6) is 0. The van der Waals surface area contributed by atoms with E-state index in [9.17, 15) is 0 Å². The molecule has 0 unspecified atom stereocenters. The topological polar surface area (TPSA) is 0 Å². The first-order valence-corrected chi connectivity index (χ1v) is 8.47. The first-order valence-electron chi connectivity index (χ1n) is 0.491. The summed E-state index contributed by atoms with van der Waals surface area (Å²) in [6.45, 7) is 0. The number of halogens is 2. The molecule has 0 aliphatic rings. The third-order valence-corrected chi connectivity index (χ3v) is 0. The summed E-state index contributed by atoms with van der Waals surface area (Å²) < 4.78 is 0.516. The summed E-state index contributed by atoms with van der Waals surface area (Å²) in [5.41, 5.74) is 0. The van der Waals surface area contributed by atoms with Gasteiger partial charge in [0.15, 0.2) is 0 Å². The van der Waals surface area contributed by atoms with E-state index >= 15 is 0 Å². The molecule has 0 amide bonds. The van der Waals surface area contributed by atoms with E-state index in [0.717, 1.165) is 0 Å². The summed E-state index contributed by atoms with van der Waals surface area (Å²) >= 11 is 7.20. The van der Waals surface area contributed by atoms with Gasteiger partial charge in [-0.15, -0.1) is 0 Å². The molecule has 0 aromatic heterocycles. The van der Waals surface area contributed by atoms with Gasteiger partial charge in [0.1, 0.15) is 0 Å². The predicted molar refractivity (Wildman–Crippen MR) is 35.6 cm³/mol. The fourth-order valence-corrected chi connectivity index (χ4v) is 0. The van der Waals surface area contributed by atoms with Crippen LogP contribution in [0.15, 0.2) is 0 Å². The second-order valence-electron chi connectivity index (χ2n) is 0.196. The Bertz CT molecular complexity index is 29.0. The van der Waals surface area contributed by atoms with Gasteiger partial charge in [-0.2, -0.15) is 0 Å². The summed E-state index contributed by atoms with van der Waals surface area (Å²) in [4.78, 5) is 0. The summed E-state index contributed by atoms with van der Waals surface area (Å²) in [6.07, 6.45) is 0. The van der Waals surface area contributed by atoms with E-state index in [-0.39, 0.29) is 0 Å². The Labute approximate surface area is 59.9 Å². The quantitative estimate of drug-likeness (QED) is 0.596. The first kappa shape index (κ1) is 6.39. The van der Waals surface area contributed by atoms with Gasteiger partial charge < -0.3 is 0 Å². The van der Waals surface area contributed by atoms with Gasteiger partial charge in [0, 0.05) is 0 Å². The molecule has 0 aromatic rings. The molecule has 0 heterocycles. The second-order valence-corrected chi connectivity index (χ2v) is 19.3. The normalized spacial score (nSPS) is 8.50. The molecule has 0 aromatic carbocycles. The molecule has 0 bridgehead atoms. The molecule has 0 spiro atoms. The molecular weight excluding hydrogens is 337 g/mol. The summed E-state index contributed by atoms with van der Waals surface area (Å²) in [5, 5.41) is 0. The third-order valence-electron chi connectivity index (χ3n) is 0. The van der Waals surface area contributed by atoms with Crippen molar-refractivity contribution in [3.63, 3.8) is 0 Å². The Balaban J connectivity index is 2.80. The van der Waals surface area contributed by atoms with E-state index in [1.807, 2.05) is 0 Å². The van der Waals surface area contributed by atoms with Gasteiger partial charge in [-0.25, -0.2) is 0 Å². The predicted octanol–water partition coefficient (Wildman–Crippen LogP) is 2.42. The molecule has 0 nitrogen and oxygen atoms in total. The van der Waals surface area contributed by atoms with Gasteiger partial charge >= 0.3 is 61.0 Å². The van der Waals surface area contributed by atoms with Crippen molar-refractivity contribution in [2.24, 2.45) is 0 Å². The molecule has 0 rings (SSSR count). The zero-order chi connectivity index (χ0) is 3.58. The number of hydrogen-bond acceptors (Lipinski definition) is 0. The van der Waals surface area contributed by atoms with Crippen LogP contribution in [0.3, 0.4) is 0 Å². The van der Waals surface area contributed by atoms with Crippen molar-refractivity contribution in [2.45, 2.75) is 0 Å². The number of rotatable bonds is 0. The Hall–Kier alpha value is 2.39. The van der Waals surface area contributed by atoms with E-state index in [1.54, 1.807) is 0 Å². The fourth-order valence-electron chi connectivity index (χ4n) is 0. The second kappa shape index (κ2) is 3.58. The molecule has 0 saturated heterocycles. The average Bonchev–Trinajstić information content (AvgIpc) is 0.811. The van der Waals surface area contributed by atoms with Crippen LogP contribution in [0.5, 0.6) is 0 Å². The van der Waals surface area contributed by atoms with Crippen LogP contribution in [-0.2, 0) is 15.7 Å². The molecule has 4 heteroatoms. The molecule has 4 heavy (non-hydrogen) atoms. The van der Waals surface area contributed by atoms with Crippen molar-refractivity contribution in [3.05, 3.63) is 0 Å². The monoisotopic (exact) mass is 337 g/mol. The Morgan fingerprint density at radius 2 is 1.50 bits per heavy atom. The molecular formula is I2SV. The average molecular weight is 337 g/mol. The molecule has 0 saturated carbocycles. The maximum atomic E-state index is 2.54. The maximum absolute atomic E-state index is 2.54. The van der Waals surface area contributed by atoms with Crippen LogP contribution >= 0.6 is 45.3 Å². The Morgan fingerprint density at radius 3 is 1.50 bits per heavy atom. The minimum absolute atomic E-state index is 0.516. The molecule has 0 aliphatic carbocycles. The van der Waals surface area contributed by atoms with E-state index in [4.69, 9.17) is 0 Å². The van der Waals surface area contributed by atoms with Crippen molar-refractivity contribution in [1.82, 2.24) is 0 Å².